The van der Waals surface area contributed by atoms with E-state index < -0.39 is 0 Å². The van der Waals surface area contributed by atoms with E-state index in [4.69, 9.17) is 0 Å². The van der Waals surface area contributed by atoms with Crippen molar-refractivity contribution in [1.82, 2.24) is 4.98 Å². The maximum atomic E-state index is 11.5. The fourth-order valence-electron chi connectivity index (χ4n) is 1.36. The van der Waals surface area contributed by atoms with E-state index in [1.165, 1.54) is 5.01 Å². The van der Waals surface area contributed by atoms with E-state index >= 15 is 0 Å². The Balaban J connectivity index is 2.28. The highest BCUT2D eigenvalue weighted by atomic mass is 16.2. The van der Waals surface area contributed by atoms with Gasteiger partial charge in [0.2, 0.25) is 0 Å². The average molecular weight is 189 g/mol. The van der Waals surface area contributed by atoms with Crippen molar-refractivity contribution in [2.45, 2.75) is 19.8 Å². The molecule has 0 saturated heterocycles. The summed E-state index contributed by atoms with van der Waals surface area (Å²) in [7, 11) is 0. The Kier molecular flexibility index (Phi) is 2.26. The number of carbonyl (C=O) groups is 1. The Labute approximate surface area is 82.3 Å². The normalized spacial score (nSPS) is 15.9. The number of aromatic nitrogens is 1. The summed E-state index contributed by atoms with van der Waals surface area (Å²) in [5, 5.41) is 5.68. The fraction of sp³-hybridized carbons (Fsp3) is 0.300. The van der Waals surface area contributed by atoms with Crippen molar-refractivity contribution in [3.05, 3.63) is 24.5 Å². The van der Waals surface area contributed by atoms with Gasteiger partial charge in [0.15, 0.2) is 0 Å². The zero-order valence-corrected chi connectivity index (χ0v) is 7.97. The van der Waals surface area contributed by atoms with Crippen molar-refractivity contribution in [1.29, 1.82) is 0 Å². The van der Waals surface area contributed by atoms with Gasteiger partial charge in [-0.3, -0.25) is 9.78 Å². The molecule has 1 amide bonds. The third kappa shape index (κ3) is 1.51. The van der Waals surface area contributed by atoms with Gasteiger partial charge in [-0.1, -0.05) is 6.92 Å². The highest BCUT2D eigenvalue weighted by molar-refractivity contribution is 6.12. The van der Waals surface area contributed by atoms with Gasteiger partial charge in [0.1, 0.15) is 0 Å². The van der Waals surface area contributed by atoms with Gasteiger partial charge in [0.25, 0.3) is 5.91 Å². The molecule has 1 aliphatic rings. The lowest BCUT2D eigenvalue weighted by Crippen LogP contribution is -2.19. The largest absolute Gasteiger partial charge is 0.272 e. The zero-order chi connectivity index (χ0) is 9.97. The number of amides is 1. The summed E-state index contributed by atoms with van der Waals surface area (Å²) in [6.07, 6.45) is 4.58. The molecule has 0 bridgehead atoms. The third-order valence-electron chi connectivity index (χ3n) is 2.15. The molecule has 0 N–H and O–H groups in total. The summed E-state index contributed by atoms with van der Waals surface area (Å²) in [6, 6.07) is 3.56. The van der Waals surface area contributed by atoms with Gasteiger partial charge in [-0.05, 0) is 18.6 Å². The lowest BCUT2D eigenvalue weighted by Gasteiger charge is -2.10. The summed E-state index contributed by atoms with van der Waals surface area (Å²) in [4.78, 5) is 15.4. The maximum Gasteiger partial charge on any atom is 0.253 e. The highest BCUT2D eigenvalue weighted by Crippen LogP contribution is 2.19. The molecular formula is C10H11N3O. The van der Waals surface area contributed by atoms with E-state index in [-0.39, 0.29) is 5.91 Å². The van der Waals surface area contributed by atoms with Crippen LogP contribution < -0.4 is 5.01 Å². The molecule has 0 spiro atoms. The lowest BCUT2D eigenvalue weighted by molar-refractivity contribution is -0.116. The molecule has 0 atom stereocenters. The fourth-order valence-corrected chi connectivity index (χ4v) is 1.36. The van der Waals surface area contributed by atoms with Crippen LogP contribution in [0.3, 0.4) is 0 Å². The topological polar surface area (TPSA) is 45.6 Å². The van der Waals surface area contributed by atoms with Crippen LogP contribution in [0, 0.1) is 0 Å². The molecule has 2 rings (SSSR count). The van der Waals surface area contributed by atoms with Crippen molar-refractivity contribution >= 4 is 17.3 Å². The summed E-state index contributed by atoms with van der Waals surface area (Å²) in [6.45, 7) is 2.00. The molecule has 14 heavy (non-hydrogen) atoms. The van der Waals surface area contributed by atoms with Crippen molar-refractivity contribution in [2.24, 2.45) is 5.10 Å². The molecule has 0 aliphatic carbocycles. The number of anilines is 1. The lowest BCUT2D eigenvalue weighted by atomic mass is 10.2. The Morgan fingerprint density at radius 3 is 2.71 bits per heavy atom. The SMILES string of the molecule is CCC1=NN(c2ccncc2)C(=O)C1. The van der Waals surface area contributed by atoms with Gasteiger partial charge in [-0.2, -0.15) is 5.10 Å². The quantitative estimate of drug-likeness (QED) is 0.709. The number of carbonyl (C=O) groups excluding carboxylic acids is 1. The second kappa shape index (κ2) is 3.57. The minimum absolute atomic E-state index is 0.0352. The summed E-state index contributed by atoms with van der Waals surface area (Å²) >= 11 is 0. The summed E-state index contributed by atoms with van der Waals surface area (Å²) in [5.41, 5.74) is 1.72. The first kappa shape index (κ1) is 8.87. The first-order chi connectivity index (χ1) is 6.81. The van der Waals surface area contributed by atoms with Gasteiger partial charge in [-0.25, -0.2) is 5.01 Å². The van der Waals surface area contributed by atoms with Gasteiger partial charge >= 0.3 is 0 Å². The molecule has 4 heteroatoms. The van der Waals surface area contributed by atoms with Crippen LogP contribution in [0.1, 0.15) is 19.8 Å². The van der Waals surface area contributed by atoms with Crippen LogP contribution >= 0.6 is 0 Å². The Morgan fingerprint density at radius 1 is 1.43 bits per heavy atom. The van der Waals surface area contributed by atoms with E-state index in [9.17, 15) is 4.79 Å². The van der Waals surface area contributed by atoms with E-state index in [1.807, 2.05) is 6.92 Å². The second-order valence-corrected chi connectivity index (χ2v) is 3.11. The first-order valence-corrected chi connectivity index (χ1v) is 4.60. The Hall–Kier alpha value is -1.71. The smallest absolute Gasteiger partial charge is 0.253 e. The predicted molar refractivity (Wildman–Crippen MR) is 54.1 cm³/mol. The summed E-state index contributed by atoms with van der Waals surface area (Å²) in [5.74, 6) is 0.0352. The van der Waals surface area contributed by atoms with Crippen LogP contribution in [0.5, 0.6) is 0 Å². The van der Waals surface area contributed by atoms with Crippen molar-refractivity contribution in [2.75, 3.05) is 5.01 Å². The molecule has 0 unspecified atom stereocenters. The predicted octanol–water partition coefficient (Wildman–Crippen LogP) is 1.58. The van der Waals surface area contributed by atoms with Gasteiger partial charge in [-0.15, -0.1) is 0 Å². The molecule has 2 heterocycles. The maximum absolute atomic E-state index is 11.5. The van der Waals surface area contributed by atoms with E-state index in [0.717, 1.165) is 17.8 Å². The molecule has 0 saturated carbocycles. The standard InChI is InChI=1S/C10H11N3O/c1-2-8-7-10(14)13(12-8)9-3-5-11-6-4-9/h3-6H,2,7H2,1H3. The second-order valence-electron chi connectivity index (χ2n) is 3.11. The Bertz CT molecular complexity index is 372. The molecule has 1 aromatic rings. The molecule has 72 valence electrons. The molecule has 0 radical (unpaired) electrons. The first-order valence-electron chi connectivity index (χ1n) is 4.60. The average Bonchev–Trinajstić information content (AvgIpc) is 2.61. The molecular weight excluding hydrogens is 178 g/mol. The van der Waals surface area contributed by atoms with E-state index in [1.54, 1.807) is 24.5 Å². The number of hydrazone groups is 1. The van der Waals surface area contributed by atoms with Crippen LogP contribution in [0.15, 0.2) is 29.6 Å². The number of hydrogen-bond donors (Lipinski definition) is 0. The van der Waals surface area contributed by atoms with Crippen LogP contribution in [-0.4, -0.2) is 16.6 Å². The van der Waals surface area contributed by atoms with Crippen LogP contribution in [0.4, 0.5) is 5.69 Å². The zero-order valence-electron chi connectivity index (χ0n) is 7.97. The molecule has 1 aromatic heterocycles. The third-order valence-corrected chi connectivity index (χ3v) is 2.15. The van der Waals surface area contributed by atoms with Crippen molar-refractivity contribution in [3.63, 3.8) is 0 Å². The van der Waals surface area contributed by atoms with E-state index in [2.05, 4.69) is 10.1 Å². The van der Waals surface area contributed by atoms with Gasteiger partial charge in [0, 0.05) is 18.1 Å². The summed E-state index contributed by atoms with van der Waals surface area (Å²) < 4.78 is 0. The van der Waals surface area contributed by atoms with Crippen molar-refractivity contribution in [3.8, 4) is 0 Å². The van der Waals surface area contributed by atoms with Crippen LogP contribution in [-0.2, 0) is 4.79 Å². The number of pyridine rings is 1. The van der Waals surface area contributed by atoms with Crippen LogP contribution in [0.2, 0.25) is 0 Å². The van der Waals surface area contributed by atoms with Crippen molar-refractivity contribution < 1.29 is 4.79 Å². The van der Waals surface area contributed by atoms with E-state index in [0.29, 0.717) is 6.42 Å². The minimum Gasteiger partial charge on any atom is -0.272 e. The van der Waals surface area contributed by atoms with Gasteiger partial charge in [0.05, 0.1) is 12.1 Å². The highest BCUT2D eigenvalue weighted by Gasteiger charge is 2.23. The number of hydrogen-bond acceptors (Lipinski definition) is 3. The van der Waals surface area contributed by atoms with Gasteiger partial charge < -0.3 is 0 Å². The van der Waals surface area contributed by atoms with Crippen LogP contribution in [0.25, 0.3) is 0 Å². The molecule has 0 fully saturated rings. The molecule has 4 nitrogen and oxygen atoms in total. The number of rotatable bonds is 2. The minimum atomic E-state index is 0.0352. The monoisotopic (exact) mass is 189 g/mol. The molecule has 1 aliphatic heterocycles. The number of nitrogens with zero attached hydrogens (tertiary/aromatic N) is 3. The Morgan fingerprint density at radius 2 is 2.14 bits per heavy atom. The molecule has 0 aromatic carbocycles.